The van der Waals surface area contributed by atoms with Crippen molar-refractivity contribution in [2.24, 2.45) is 7.05 Å². The topological polar surface area (TPSA) is 84.7 Å². The van der Waals surface area contributed by atoms with Crippen molar-refractivity contribution in [1.82, 2.24) is 19.7 Å². The van der Waals surface area contributed by atoms with E-state index < -0.39 is 0 Å². The number of ketones is 1. The second-order valence-electron chi connectivity index (χ2n) is 6.38. The number of nitrogens with zero attached hydrogens (tertiary/aromatic N) is 4. The fourth-order valence-electron chi connectivity index (χ4n) is 2.68. The molecule has 0 saturated carbocycles. The van der Waals surface area contributed by atoms with Crippen molar-refractivity contribution in [3.8, 4) is 0 Å². The number of hydrogen-bond acceptors (Lipinski definition) is 6. The molecule has 7 nitrogen and oxygen atoms in total. The third-order valence-corrected chi connectivity index (χ3v) is 4.39. The summed E-state index contributed by atoms with van der Waals surface area (Å²) < 4.78 is 1.68. The third-order valence-electron chi connectivity index (χ3n) is 4.12. The van der Waals surface area contributed by atoms with E-state index in [0.29, 0.717) is 23.2 Å². The number of aromatic nitrogens is 4. The van der Waals surface area contributed by atoms with Gasteiger partial charge in [-0.1, -0.05) is 42.4 Å². The van der Waals surface area contributed by atoms with E-state index in [1.807, 2.05) is 44.4 Å². The lowest BCUT2D eigenvalue weighted by Crippen LogP contribution is -2.10. The fourth-order valence-corrected chi connectivity index (χ4v) is 2.82. The van der Waals surface area contributed by atoms with Crippen molar-refractivity contribution in [3.05, 3.63) is 71.7 Å². The Kier molecular flexibility index (Phi) is 6.06. The van der Waals surface area contributed by atoms with Gasteiger partial charge in [0.2, 0.25) is 5.95 Å². The van der Waals surface area contributed by atoms with Crippen LogP contribution in [0.3, 0.4) is 0 Å². The molecular weight excluding hydrogens is 376 g/mol. The average molecular weight is 397 g/mol. The Balaban J connectivity index is 1.75. The van der Waals surface area contributed by atoms with Gasteiger partial charge in [-0.2, -0.15) is 10.1 Å². The number of rotatable bonds is 8. The molecule has 0 aliphatic rings. The molecule has 2 N–H and O–H groups in total. The highest BCUT2D eigenvalue weighted by atomic mass is 35.5. The Hall–Kier alpha value is -3.19. The largest absolute Gasteiger partial charge is 0.362 e. The Bertz CT molecular complexity index is 1000. The molecule has 2 aromatic heterocycles. The molecule has 2 heterocycles. The molecule has 0 fully saturated rings. The van der Waals surface area contributed by atoms with Crippen LogP contribution in [0.25, 0.3) is 0 Å². The molecule has 0 aliphatic carbocycles. The van der Waals surface area contributed by atoms with Crippen molar-refractivity contribution < 1.29 is 4.79 Å². The minimum atomic E-state index is -0.0718. The van der Waals surface area contributed by atoms with Crippen LogP contribution < -0.4 is 10.6 Å². The lowest BCUT2D eigenvalue weighted by atomic mass is 10.0. The van der Waals surface area contributed by atoms with Gasteiger partial charge < -0.3 is 10.6 Å². The first-order valence-corrected chi connectivity index (χ1v) is 9.11. The number of hydrogen-bond donors (Lipinski definition) is 2. The maximum atomic E-state index is 11.6. The fraction of sp³-hybridized carbons (Fsp3) is 0.200. The molecule has 0 aliphatic heterocycles. The molecule has 1 aromatic carbocycles. The normalized spacial score (nSPS) is 11.7. The third kappa shape index (κ3) is 4.95. The summed E-state index contributed by atoms with van der Waals surface area (Å²) in [4.78, 5) is 20.3. The summed E-state index contributed by atoms with van der Waals surface area (Å²) in [7, 11) is 1.83. The number of aryl methyl sites for hydroxylation is 1. The van der Waals surface area contributed by atoms with Crippen molar-refractivity contribution in [3.63, 3.8) is 0 Å². The van der Waals surface area contributed by atoms with Crippen molar-refractivity contribution >= 4 is 34.8 Å². The van der Waals surface area contributed by atoms with Gasteiger partial charge in [0.25, 0.3) is 0 Å². The number of benzene rings is 1. The molecule has 144 valence electrons. The van der Waals surface area contributed by atoms with Gasteiger partial charge in [-0.3, -0.25) is 9.48 Å². The predicted octanol–water partition coefficient (Wildman–Crippen LogP) is 4.08. The number of nitrogens with one attached hydrogen (secondary N) is 2. The van der Waals surface area contributed by atoms with Crippen LogP contribution in [0.15, 0.2) is 55.5 Å². The number of anilines is 3. The van der Waals surface area contributed by atoms with Crippen LogP contribution in [0.2, 0.25) is 5.02 Å². The number of allylic oxidation sites excluding steroid dienone is 1. The SMILES string of the molecule is C=CC(=O)Cc1cccc(C(C)Nc2nc(Nc3cnn(C)c3)ncc2Cl)c1. The Morgan fingerprint density at radius 2 is 2.21 bits per heavy atom. The summed E-state index contributed by atoms with van der Waals surface area (Å²) in [6.07, 6.45) is 6.72. The second kappa shape index (κ2) is 8.67. The van der Waals surface area contributed by atoms with Crippen LogP contribution >= 0.6 is 11.6 Å². The highest BCUT2D eigenvalue weighted by Gasteiger charge is 2.12. The Morgan fingerprint density at radius 1 is 1.39 bits per heavy atom. The monoisotopic (exact) mass is 396 g/mol. The molecule has 0 spiro atoms. The van der Waals surface area contributed by atoms with Crippen LogP contribution in [0.1, 0.15) is 24.1 Å². The van der Waals surface area contributed by atoms with Crippen molar-refractivity contribution in [2.45, 2.75) is 19.4 Å². The minimum Gasteiger partial charge on any atom is -0.362 e. The van der Waals surface area contributed by atoms with Gasteiger partial charge in [-0.05, 0) is 24.1 Å². The second-order valence-corrected chi connectivity index (χ2v) is 6.78. The minimum absolute atomic E-state index is 0.0114. The van der Waals surface area contributed by atoms with Gasteiger partial charge in [0.05, 0.1) is 24.1 Å². The lowest BCUT2D eigenvalue weighted by Gasteiger charge is -2.17. The van der Waals surface area contributed by atoms with E-state index in [2.05, 4.69) is 32.3 Å². The summed E-state index contributed by atoms with van der Waals surface area (Å²) in [5.74, 6) is 0.920. The van der Waals surface area contributed by atoms with Gasteiger partial charge in [-0.25, -0.2) is 4.98 Å². The van der Waals surface area contributed by atoms with Crippen LogP contribution in [0.4, 0.5) is 17.5 Å². The molecular formula is C20H21ClN6O. The lowest BCUT2D eigenvalue weighted by molar-refractivity contribution is -0.114. The average Bonchev–Trinajstić information content (AvgIpc) is 3.09. The number of halogens is 1. The first kappa shape index (κ1) is 19.6. The molecule has 8 heteroatoms. The summed E-state index contributed by atoms with van der Waals surface area (Å²) in [6.45, 7) is 5.52. The zero-order valence-electron chi connectivity index (χ0n) is 15.7. The maximum Gasteiger partial charge on any atom is 0.229 e. The number of carbonyl (C=O) groups is 1. The van der Waals surface area contributed by atoms with Gasteiger partial charge in [0.1, 0.15) is 5.02 Å². The molecule has 1 unspecified atom stereocenters. The zero-order chi connectivity index (χ0) is 20.1. The first-order chi connectivity index (χ1) is 13.4. The molecule has 3 aromatic rings. The Morgan fingerprint density at radius 3 is 2.93 bits per heavy atom. The van der Waals surface area contributed by atoms with E-state index in [1.54, 1.807) is 17.1 Å². The van der Waals surface area contributed by atoms with Gasteiger partial charge in [0.15, 0.2) is 11.6 Å². The predicted molar refractivity (Wildman–Crippen MR) is 111 cm³/mol. The van der Waals surface area contributed by atoms with E-state index in [4.69, 9.17) is 11.6 Å². The zero-order valence-corrected chi connectivity index (χ0v) is 16.4. The van der Waals surface area contributed by atoms with Crippen molar-refractivity contribution in [1.29, 1.82) is 0 Å². The molecule has 0 bridgehead atoms. The van der Waals surface area contributed by atoms with E-state index in [0.717, 1.165) is 16.8 Å². The van der Waals surface area contributed by atoms with Crippen LogP contribution in [-0.4, -0.2) is 25.5 Å². The smallest absolute Gasteiger partial charge is 0.229 e. The van der Waals surface area contributed by atoms with Crippen LogP contribution in [-0.2, 0) is 18.3 Å². The molecule has 0 amide bonds. The molecule has 28 heavy (non-hydrogen) atoms. The van der Waals surface area contributed by atoms with Gasteiger partial charge >= 0.3 is 0 Å². The number of carbonyl (C=O) groups excluding carboxylic acids is 1. The van der Waals surface area contributed by atoms with E-state index in [1.165, 1.54) is 6.08 Å². The highest BCUT2D eigenvalue weighted by molar-refractivity contribution is 6.32. The van der Waals surface area contributed by atoms with Crippen LogP contribution in [0.5, 0.6) is 0 Å². The van der Waals surface area contributed by atoms with E-state index >= 15 is 0 Å². The van der Waals surface area contributed by atoms with E-state index in [9.17, 15) is 4.79 Å². The van der Waals surface area contributed by atoms with Gasteiger partial charge in [0, 0.05) is 19.7 Å². The molecule has 3 rings (SSSR count). The van der Waals surface area contributed by atoms with Gasteiger partial charge in [-0.15, -0.1) is 0 Å². The standard InChI is InChI=1S/C20H21ClN6O/c1-4-17(28)9-14-6-5-7-15(8-14)13(2)24-19-18(21)11-22-20(26-19)25-16-10-23-27(3)12-16/h4-8,10-13H,1,9H2,2-3H3,(H2,22,24,25,26). The summed E-state index contributed by atoms with van der Waals surface area (Å²) >= 11 is 6.27. The highest BCUT2D eigenvalue weighted by Crippen LogP contribution is 2.26. The molecule has 1 atom stereocenters. The van der Waals surface area contributed by atoms with Crippen molar-refractivity contribution in [2.75, 3.05) is 10.6 Å². The summed E-state index contributed by atoms with van der Waals surface area (Å²) in [5, 5.41) is 10.9. The summed E-state index contributed by atoms with van der Waals surface area (Å²) in [5.41, 5.74) is 2.73. The maximum absolute atomic E-state index is 11.6. The molecule has 0 saturated heterocycles. The summed E-state index contributed by atoms with van der Waals surface area (Å²) in [6, 6.07) is 7.76. The van der Waals surface area contributed by atoms with E-state index in [-0.39, 0.29) is 11.8 Å². The quantitative estimate of drug-likeness (QED) is 0.558. The van der Waals surface area contributed by atoms with Crippen LogP contribution in [0, 0.1) is 0 Å². The molecule has 0 radical (unpaired) electrons. The first-order valence-electron chi connectivity index (χ1n) is 8.73. The Labute approximate surface area is 168 Å².